The van der Waals surface area contributed by atoms with E-state index in [1.54, 1.807) is 7.11 Å². The van der Waals surface area contributed by atoms with Gasteiger partial charge < -0.3 is 24.4 Å². The molecule has 0 bridgehead atoms. The molecule has 37 heavy (non-hydrogen) atoms. The minimum Gasteiger partial charge on any atom is -0.497 e. The van der Waals surface area contributed by atoms with Gasteiger partial charge in [0.25, 0.3) is 0 Å². The zero-order valence-corrected chi connectivity index (χ0v) is 22.8. The van der Waals surface area contributed by atoms with Crippen molar-refractivity contribution < 1.29 is 4.74 Å². The minimum atomic E-state index is -0.0583. The van der Waals surface area contributed by atoms with Crippen molar-refractivity contribution in [3.05, 3.63) is 107 Å². The van der Waals surface area contributed by atoms with Gasteiger partial charge in [-0.05, 0) is 91.8 Å². The number of aromatic nitrogens is 2. The van der Waals surface area contributed by atoms with Crippen molar-refractivity contribution in [1.82, 2.24) is 19.8 Å². The van der Waals surface area contributed by atoms with Crippen molar-refractivity contribution in [2.45, 2.75) is 32.5 Å². The quantitative estimate of drug-likeness (QED) is 0.320. The number of methoxy groups -OCH3 is 1. The first kappa shape index (κ1) is 24.8. The Morgan fingerprint density at radius 3 is 2.35 bits per heavy atom. The summed E-state index contributed by atoms with van der Waals surface area (Å²) in [7, 11) is 5.81. The van der Waals surface area contributed by atoms with Crippen molar-refractivity contribution >= 4 is 23.0 Å². The lowest BCUT2D eigenvalue weighted by molar-refractivity contribution is 0.310. The molecule has 3 heterocycles. The first-order valence-corrected chi connectivity index (χ1v) is 12.9. The lowest BCUT2D eigenvalue weighted by atomic mass is 9.96. The Balaban J connectivity index is 1.57. The molecule has 2 aromatic heterocycles. The Bertz CT molecular complexity index is 1380. The molecule has 0 aliphatic carbocycles. The van der Waals surface area contributed by atoms with Gasteiger partial charge in [0, 0.05) is 49.6 Å². The number of pyridine rings is 1. The Hall–Kier alpha value is -3.84. The number of benzene rings is 2. The van der Waals surface area contributed by atoms with Crippen LogP contribution in [0.1, 0.15) is 40.3 Å². The highest BCUT2D eigenvalue weighted by molar-refractivity contribution is 7.80. The summed E-state index contributed by atoms with van der Waals surface area (Å²) in [4.78, 5) is 9.11. The number of nitrogens with one attached hydrogen (secondary N) is 1. The molecular weight excluding hydrogens is 478 g/mol. The Labute approximate surface area is 224 Å². The number of ether oxygens (including phenoxy) is 1. The summed E-state index contributed by atoms with van der Waals surface area (Å²) in [5, 5.41) is 4.32. The summed E-state index contributed by atoms with van der Waals surface area (Å²) >= 11 is 5.91. The van der Waals surface area contributed by atoms with Gasteiger partial charge in [0.05, 0.1) is 24.9 Å². The fourth-order valence-electron chi connectivity index (χ4n) is 5.23. The van der Waals surface area contributed by atoms with Crippen molar-refractivity contribution in [2.75, 3.05) is 26.1 Å². The minimum absolute atomic E-state index is 0.00880. The molecule has 1 N–H and O–H groups in total. The maximum absolute atomic E-state index is 5.91. The number of nitrogens with zero attached hydrogens (tertiary/aromatic N) is 4. The van der Waals surface area contributed by atoms with E-state index in [0.717, 1.165) is 22.2 Å². The molecule has 6 nitrogen and oxygen atoms in total. The number of hydrogen-bond acceptors (Lipinski definition) is 4. The van der Waals surface area contributed by atoms with E-state index in [9.17, 15) is 0 Å². The van der Waals surface area contributed by atoms with Crippen molar-refractivity contribution in [3.63, 3.8) is 0 Å². The first-order chi connectivity index (χ1) is 17.9. The lowest BCUT2D eigenvalue weighted by Gasteiger charge is -2.28. The molecule has 1 aliphatic rings. The molecule has 2 unspecified atom stereocenters. The molecule has 2 aromatic carbocycles. The molecule has 2 atom stereocenters. The number of anilines is 1. The van der Waals surface area contributed by atoms with Crippen molar-refractivity contribution in [3.8, 4) is 11.4 Å². The molecule has 0 radical (unpaired) electrons. The van der Waals surface area contributed by atoms with E-state index in [-0.39, 0.29) is 12.1 Å². The van der Waals surface area contributed by atoms with Gasteiger partial charge in [0.1, 0.15) is 5.75 Å². The largest absolute Gasteiger partial charge is 0.497 e. The van der Waals surface area contributed by atoms with Crippen LogP contribution in [0.3, 0.4) is 0 Å². The maximum atomic E-state index is 5.91. The van der Waals surface area contributed by atoms with Crippen LogP contribution in [0.15, 0.2) is 79.0 Å². The van der Waals surface area contributed by atoms with Gasteiger partial charge in [0.2, 0.25) is 0 Å². The summed E-state index contributed by atoms with van der Waals surface area (Å²) in [6, 6.07) is 25.2. The highest BCUT2D eigenvalue weighted by Gasteiger charge is 2.41. The number of thiocarbonyl (C=S) groups is 1. The zero-order valence-electron chi connectivity index (χ0n) is 22.0. The van der Waals surface area contributed by atoms with E-state index in [4.69, 9.17) is 21.9 Å². The van der Waals surface area contributed by atoms with Crippen LogP contribution in [0, 0.1) is 13.8 Å². The van der Waals surface area contributed by atoms with Crippen LogP contribution in [0.4, 0.5) is 5.69 Å². The Kier molecular flexibility index (Phi) is 6.89. The third kappa shape index (κ3) is 4.79. The first-order valence-electron chi connectivity index (χ1n) is 12.4. The van der Waals surface area contributed by atoms with Crippen LogP contribution in [0.25, 0.3) is 5.69 Å². The van der Waals surface area contributed by atoms with E-state index in [0.29, 0.717) is 6.54 Å². The fourth-order valence-corrected chi connectivity index (χ4v) is 5.53. The van der Waals surface area contributed by atoms with Crippen LogP contribution >= 0.6 is 12.2 Å². The second kappa shape index (κ2) is 10.3. The summed E-state index contributed by atoms with van der Waals surface area (Å²) in [6.07, 6.45) is 1.85. The Morgan fingerprint density at radius 1 is 1.00 bits per heavy atom. The Morgan fingerprint density at radius 2 is 1.73 bits per heavy atom. The van der Waals surface area contributed by atoms with E-state index in [2.05, 4.69) is 96.2 Å². The highest BCUT2D eigenvalue weighted by atomic mass is 32.1. The predicted octanol–water partition coefficient (Wildman–Crippen LogP) is 5.74. The topological polar surface area (TPSA) is 45.6 Å². The lowest BCUT2D eigenvalue weighted by Crippen LogP contribution is -2.29. The predicted molar refractivity (Wildman–Crippen MR) is 154 cm³/mol. The maximum Gasteiger partial charge on any atom is 0.170 e. The number of hydrogen-bond donors (Lipinski definition) is 1. The SMILES string of the molecule is COc1ccc(CN2C(=S)NC(c3ccccn3)C2c2cc(C)n(-c3ccc(N(C)C)cc3)c2C)cc1. The van der Waals surface area contributed by atoms with E-state index in [1.165, 1.54) is 28.2 Å². The van der Waals surface area contributed by atoms with Crippen LogP contribution < -0.4 is 15.0 Å². The number of rotatable bonds is 7. The molecule has 1 saturated heterocycles. The van der Waals surface area contributed by atoms with Gasteiger partial charge in [-0.25, -0.2) is 0 Å². The van der Waals surface area contributed by atoms with Crippen LogP contribution in [-0.2, 0) is 6.54 Å². The van der Waals surface area contributed by atoms with E-state index in [1.807, 2.05) is 30.5 Å². The van der Waals surface area contributed by atoms with E-state index < -0.39 is 0 Å². The molecule has 5 rings (SSSR count). The van der Waals surface area contributed by atoms with Gasteiger partial charge in [-0.1, -0.05) is 18.2 Å². The van der Waals surface area contributed by atoms with E-state index >= 15 is 0 Å². The second-order valence-electron chi connectivity index (χ2n) is 9.68. The normalized spacial score (nSPS) is 17.1. The van der Waals surface area contributed by atoms with Gasteiger partial charge in [-0.15, -0.1) is 0 Å². The summed E-state index contributed by atoms with van der Waals surface area (Å²) in [5.74, 6) is 0.845. The van der Waals surface area contributed by atoms with Crippen LogP contribution in [0.2, 0.25) is 0 Å². The summed E-state index contributed by atoms with van der Waals surface area (Å²) in [6.45, 7) is 5.05. The van der Waals surface area contributed by atoms with Gasteiger partial charge in [0.15, 0.2) is 5.11 Å². The highest BCUT2D eigenvalue weighted by Crippen LogP contribution is 2.42. The van der Waals surface area contributed by atoms with Crippen molar-refractivity contribution in [1.29, 1.82) is 0 Å². The zero-order chi connectivity index (χ0) is 26.1. The monoisotopic (exact) mass is 511 g/mol. The van der Waals surface area contributed by atoms with Gasteiger partial charge >= 0.3 is 0 Å². The van der Waals surface area contributed by atoms with Crippen molar-refractivity contribution in [2.24, 2.45) is 0 Å². The van der Waals surface area contributed by atoms with Gasteiger partial charge in [-0.2, -0.15) is 0 Å². The molecule has 1 aliphatic heterocycles. The smallest absolute Gasteiger partial charge is 0.170 e. The average molecular weight is 512 g/mol. The molecule has 0 saturated carbocycles. The number of aryl methyl sites for hydroxylation is 1. The molecule has 4 aromatic rings. The third-order valence-corrected chi connectivity index (χ3v) is 7.48. The second-order valence-corrected chi connectivity index (χ2v) is 10.1. The summed E-state index contributed by atoms with van der Waals surface area (Å²) in [5.41, 5.74) is 8.11. The fraction of sp³-hybridized carbons (Fsp3) is 0.267. The van der Waals surface area contributed by atoms with Crippen LogP contribution in [-0.4, -0.2) is 40.8 Å². The molecule has 0 amide bonds. The molecule has 0 spiro atoms. The molecule has 190 valence electrons. The molecule has 1 fully saturated rings. The van der Waals surface area contributed by atoms with Gasteiger partial charge in [-0.3, -0.25) is 4.98 Å². The summed E-state index contributed by atoms with van der Waals surface area (Å²) < 4.78 is 7.68. The third-order valence-electron chi connectivity index (χ3n) is 7.12. The molecular formula is C30H33N5OS. The van der Waals surface area contributed by atoms with Crippen LogP contribution in [0.5, 0.6) is 5.75 Å². The molecule has 7 heteroatoms. The average Bonchev–Trinajstić information content (AvgIpc) is 3.39. The standard InChI is InChI=1S/C30H33N5OS/c1-20-18-26(21(2)35(20)24-13-11-23(12-14-24)33(3)4)29-28(27-8-6-7-17-31-27)32-30(37)34(29)19-22-9-15-25(36-5)16-10-22/h6-18,28-29H,19H2,1-5H3,(H,32,37).